The molecule has 0 unspecified atom stereocenters. The molecule has 0 aliphatic heterocycles. The van der Waals surface area contributed by atoms with Crippen molar-refractivity contribution in [2.75, 3.05) is 0 Å². The largest absolute Gasteiger partial charge is 0.479 e. The van der Waals surface area contributed by atoms with Crippen LogP contribution in [-0.2, 0) is 14.3 Å². The summed E-state index contributed by atoms with van der Waals surface area (Å²) in [5.41, 5.74) is 5.25. The number of carbonyl (C=O) groups is 2. The first-order valence-electron chi connectivity index (χ1n) is 4.53. The molecule has 0 bridgehead atoms. The first-order valence-corrected chi connectivity index (χ1v) is 4.53. The van der Waals surface area contributed by atoms with E-state index in [1.165, 1.54) is 6.92 Å². The summed E-state index contributed by atoms with van der Waals surface area (Å²) < 4.78 is 4.72. The molecule has 0 fully saturated rings. The number of esters is 1. The molecule has 5 nitrogen and oxygen atoms in total. The SMILES string of the molecule is CC(C)C[C@@H](OC(=O)[C@H](C)N)C(=O)O. The van der Waals surface area contributed by atoms with Crippen molar-refractivity contribution in [3.63, 3.8) is 0 Å². The third kappa shape index (κ3) is 4.81. The fraction of sp³-hybridized carbons (Fsp3) is 0.778. The summed E-state index contributed by atoms with van der Waals surface area (Å²) >= 11 is 0. The van der Waals surface area contributed by atoms with Gasteiger partial charge in [0.15, 0.2) is 6.10 Å². The summed E-state index contributed by atoms with van der Waals surface area (Å²) in [6, 6.07) is -0.788. The second kappa shape index (κ2) is 5.59. The van der Waals surface area contributed by atoms with Crippen molar-refractivity contribution < 1.29 is 19.4 Å². The number of ether oxygens (including phenoxy) is 1. The molecule has 0 aromatic carbocycles. The lowest BCUT2D eigenvalue weighted by Crippen LogP contribution is -2.36. The van der Waals surface area contributed by atoms with Gasteiger partial charge in [0, 0.05) is 0 Å². The zero-order valence-corrected chi connectivity index (χ0v) is 8.69. The predicted octanol–water partition coefficient (Wildman–Crippen LogP) is 0.376. The van der Waals surface area contributed by atoms with E-state index in [9.17, 15) is 9.59 Å². The van der Waals surface area contributed by atoms with Gasteiger partial charge < -0.3 is 15.6 Å². The van der Waals surface area contributed by atoms with Gasteiger partial charge in [-0.05, 0) is 19.3 Å². The molecule has 0 amide bonds. The van der Waals surface area contributed by atoms with Gasteiger partial charge in [-0.2, -0.15) is 0 Å². The Morgan fingerprint density at radius 3 is 2.14 bits per heavy atom. The zero-order chi connectivity index (χ0) is 11.3. The molecule has 0 radical (unpaired) electrons. The Hall–Kier alpha value is -1.10. The normalized spacial score (nSPS) is 14.9. The molecule has 0 aromatic heterocycles. The molecule has 5 heteroatoms. The maximum Gasteiger partial charge on any atom is 0.345 e. The summed E-state index contributed by atoms with van der Waals surface area (Å²) in [7, 11) is 0. The van der Waals surface area contributed by atoms with E-state index in [-0.39, 0.29) is 5.92 Å². The highest BCUT2D eigenvalue weighted by atomic mass is 16.6. The molecule has 0 aliphatic rings. The monoisotopic (exact) mass is 203 g/mol. The minimum Gasteiger partial charge on any atom is -0.479 e. The van der Waals surface area contributed by atoms with Crippen LogP contribution in [0.15, 0.2) is 0 Å². The lowest BCUT2D eigenvalue weighted by atomic mass is 10.1. The van der Waals surface area contributed by atoms with E-state index in [0.29, 0.717) is 6.42 Å². The molecule has 0 rings (SSSR count). The zero-order valence-electron chi connectivity index (χ0n) is 8.69. The lowest BCUT2D eigenvalue weighted by molar-refractivity contribution is -0.165. The van der Waals surface area contributed by atoms with Crippen LogP contribution in [0.5, 0.6) is 0 Å². The molecule has 0 aromatic rings. The van der Waals surface area contributed by atoms with Gasteiger partial charge >= 0.3 is 11.9 Å². The van der Waals surface area contributed by atoms with Crippen LogP contribution in [-0.4, -0.2) is 29.2 Å². The Bertz CT molecular complexity index is 213. The van der Waals surface area contributed by atoms with E-state index in [2.05, 4.69) is 0 Å². The molecule has 0 saturated carbocycles. The molecule has 2 atom stereocenters. The van der Waals surface area contributed by atoms with Crippen LogP contribution in [0.1, 0.15) is 27.2 Å². The molecular weight excluding hydrogens is 186 g/mol. The second-order valence-corrected chi connectivity index (χ2v) is 3.68. The average Bonchev–Trinajstić information content (AvgIpc) is 2.01. The van der Waals surface area contributed by atoms with Gasteiger partial charge in [0.25, 0.3) is 0 Å². The lowest BCUT2D eigenvalue weighted by Gasteiger charge is -2.16. The van der Waals surface area contributed by atoms with Gasteiger partial charge in [-0.25, -0.2) is 4.79 Å². The number of aliphatic carboxylic acids is 1. The second-order valence-electron chi connectivity index (χ2n) is 3.68. The van der Waals surface area contributed by atoms with E-state index >= 15 is 0 Å². The Balaban J connectivity index is 4.23. The van der Waals surface area contributed by atoms with E-state index in [1.807, 2.05) is 13.8 Å². The molecule has 0 aliphatic carbocycles. The molecule has 82 valence electrons. The van der Waals surface area contributed by atoms with Crippen LogP contribution in [0, 0.1) is 5.92 Å². The Morgan fingerprint density at radius 2 is 1.86 bits per heavy atom. The first-order chi connectivity index (χ1) is 6.34. The highest BCUT2D eigenvalue weighted by Gasteiger charge is 2.24. The number of carbonyl (C=O) groups excluding carboxylic acids is 1. The maximum absolute atomic E-state index is 11.0. The van der Waals surface area contributed by atoms with Crippen molar-refractivity contribution >= 4 is 11.9 Å². The summed E-state index contributed by atoms with van der Waals surface area (Å²) in [4.78, 5) is 21.7. The Labute approximate surface area is 83.2 Å². The fourth-order valence-electron chi connectivity index (χ4n) is 0.875. The highest BCUT2D eigenvalue weighted by Crippen LogP contribution is 2.09. The van der Waals surface area contributed by atoms with Crippen LogP contribution in [0.25, 0.3) is 0 Å². The minimum atomic E-state index is -1.13. The van der Waals surface area contributed by atoms with Gasteiger partial charge in [-0.3, -0.25) is 4.79 Å². The molecule has 3 N–H and O–H groups in total. The number of rotatable bonds is 5. The number of hydrogen-bond donors (Lipinski definition) is 2. The predicted molar refractivity (Wildman–Crippen MR) is 50.6 cm³/mol. The van der Waals surface area contributed by atoms with Crippen molar-refractivity contribution in [1.82, 2.24) is 0 Å². The highest BCUT2D eigenvalue weighted by molar-refractivity contribution is 5.80. The number of carboxylic acids is 1. The van der Waals surface area contributed by atoms with Crippen molar-refractivity contribution in [2.45, 2.75) is 39.3 Å². The molecular formula is C9H17NO4. The van der Waals surface area contributed by atoms with Crippen LogP contribution in [0.2, 0.25) is 0 Å². The van der Waals surface area contributed by atoms with E-state index in [4.69, 9.17) is 15.6 Å². The summed E-state index contributed by atoms with van der Waals surface area (Å²) in [5.74, 6) is -1.66. The van der Waals surface area contributed by atoms with Crippen LogP contribution in [0.3, 0.4) is 0 Å². The van der Waals surface area contributed by atoms with E-state index in [1.54, 1.807) is 0 Å². The van der Waals surface area contributed by atoms with Crippen molar-refractivity contribution in [2.24, 2.45) is 11.7 Å². The topological polar surface area (TPSA) is 89.6 Å². The van der Waals surface area contributed by atoms with Crippen LogP contribution >= 0.6 is 0 Å². The van der Waals surface area contributed by atoms with Crippen LogP contribution in [0.4, 0.5) is 0 Å². The van der Waals surface area contributed by atoms with Gasteiger partial charge in [-0.15, -0.1) is 0 Å². The fourth-order valence-corrected chi connectivity index (χ4v) is 0.875. The molecule has 0 spiro atoms. The molecule has 0 saturated heterocycles. The average molecular weight is 203 g/mol. The van der Waals surface area contributed by atoms with Crippen molar-refractivity contribution in [3.8, 4) is 0 Å². The molecule has 0 heterocycles. The van der Waals surface area contributed by atoms with Crippen molar-refractivity contribution in [1.29, 1.82) is 0 Å². The number of carboxylic acid groups (broad SMARTS) is 1. The Kier molecular flexibility index (Phi) is 5.15. The smallest absolute Gasteiger partial charge is 0.345 e. The van der Waals surface area contributed by atoms with E-state index < -0.39 is 24.1 Å². The van der Waals surface area contributed by atoms with Crippen LogP contribution < -0.4 is 5.73 Å². The van der Waals surface area contributed by atoms with Gasteiger partial charge in [-0.1, -0.05) is 13.8 Å². The quantitative estimate of drug-likeness (QED) is 0.630. The van der Waals surface area contributed by atoms with Crippen molar-refractivity contribution in [3.05, 3.63) is 0 Å². The third-order valence-corrected chi connectivity index (χ3v) is 1.59. The van der Waals surface area contributed by atoms with Gasteiger partial charge in [0.05, 0.1) is 0 Å². The summed E-state index contributed by atoms with van der Waals surface area (Å²) in [5, 5.41) is 8.73. The standard InChI is InChI=1S/C9H17NO4/c1-5(2)4-7(8(11)12)14-9(13)6(3)10/h5-7H,4,10H2,1-3H3,(H,11,12)/t6-,7+/m0/s1. The minimum absolute atomic E-state index is 0.150. The summed E-state index contributed by atoms with van der Waals surface area (Å²) in [6.07, 6.45) is -0.790. The summed E-state index contributed by atoms with van der Waals surface area (Å²) in [6.45, 7) is 5.17. The molecule has 14 heavy (non-hydrogen) atoms. The first kappa shape index (κ1) is 12.9. The van der Waals surface area contributed by atoms with E-state index in [0.717, 1.165) is 0 Å². The number of hydrogen-bond acceptors (Lipinski definition) is 4. The third-order valence-electron chi connectivity index (χ3n) is 1.59. The van der Waals surface area contributed by atoms with Gasteiger partial charge in [0.2, 0.25) is 0 Å². The maximum atomic E-state index is 11.0. The Morgan fingerprint density at radius 1 is 1.36 bits per heavy atom. The number of nitrogens with two attached hydrogens (primary N) is 1. The van der Waals surface area contributed by atoms with Gasteiger partial charge in [0.1, 0.15) is 6.04 Å².